The molecule has 6 nitrogen and oxygen atoms in total. The zero-order valence-corrected chi connectivity index (χ0v) is 14.1. The monoisotopic (exact) mass is 315 g/mol. The van der Waals surface area contributed by atoms with E-state index in [-0.39, 0.29) is 0 Å². The van der Waals surface area contributed by atoms with Crippen molar-refractivity contribution < 1.29 is 5.11 Å². The Labute approximate surface area is 137 Å². The lowest BCUT2D eigenvalue weighted by molar-refractivity contribution is 0.158. The summed E-state index contributed by atoms with van der Waals surface area (Å²) in [5, 5.41) is 14.6. The minimum absolute atomic E-state index is 0.306. The van der Waals surface area contributed by atoms with Crippen LogP contribution in [0, 0.1) is 0 Å². The third kappa shape index (κ3) is 3.52. The molecule has 0 radical (unpaired) electrons. The molecule has 1 saturated heterocycles. The van der Waals surface area contributed by atoms with Crippen molar-refractivity contribution in [3.05, 3.63) is 36.0 Å². The molecule has 23 heavy (non-hydrogen) atoms. The molecule has 6 heteroatoms. The van der Waals surface area contributed by atoms with Crippen LogP contribution in [0.25, 0.3) is 0 Å². The fraction of sp³-hybridized carbons (Fsp3) is 0.588. The Hall–Kier alpha value is -1.95. The summed E-state index contributed by atoms with van der Waals surface area (Å²) >= 11 is 0. The van der Waals surface area contributed by atoms with Crippen molar-refractivity contribution in [2.75, 3.05) is 11.4 Å². The van der Waals surface area contributed by atoms with Crippen LogP contribution in [-0.4, -0.2) is 37.4 Å². The van der Waals surface area contributed by atoms with E-state index < -0.39 is 6.10 Å². The van der Waals surface area contributed by atoms with Gasteiger partial charge in [-0.05, 0) is 25.2 Å². The van der Waals surface area contributed by atoms with Gasteiger partial charge in [0.05, 0.1) is 12.3 Å². The SMILES string of the molecule is CC(C)c1cc(N2CCCC2CC(O)c2cnn(C)c2)ncn1. The Morgan fingerprint density at radius 2 is 2.17 bits per heavy atom. The first-order chi connectivity index (χ1) is 11.0. The highest BCUT2D eigenvalue weighted by Crippen LogP contribution is 2.31. The van der Waals surface area contributed by atoms with Crippen LogP contribution < -0.4 is 4.90 Å². The second-order valence-corrected chi connectivity index (χ2v) is 6.64. The van der Waals surface area contributed by atoms with Crippen molar-refractivity contribution in [1.82, 2.24) is 19.7 Å². The first-order valence-electron chi connectivity index (χ1n) is 8.29. The number of hydrogen-bond donors (Lipinski definition) is 1. The molecule has 1 aliphatic heterocycles. The highest BCUT2D eigenvalue weighted by atomic mass is 16.3. The normalized spacial score (nSPS) is 19.5. The van der Waals surface area contributed by atoms with Crippen LogP contribution in [0.5, 0.6) is 0 Å². The quantitative estimate of drug-likeness (QED) is 0.918. The van der Waals surface area contributed by atoms with Crippen LogP contribution in [0.15, 0.2) is 24.8 Å². The summed E-state index contributed by atoms with van der Waals surface area (Å²) in [6, 6.07) is 2.39. The highest BCUT2D eigenvalue weighted by Gasteiger charge is 2.28. The zero-order chi connectivity index (χ0) is 16.4. The predicted molar refractivity (Wildman–Crippen MR) is 89.3 cm³/mol. The largest absolute Gasteiger partial charge is 0.388 e. The molecule has 1 fully saturated rings. The molecule has 0 aliphatic carbocycles. The van der Waals surface area contributed by atoms with E-state index in [2.05, 4.69) is 39.9 Å². The first-order valence-corrected chi connectivity index (χ1v) is 8.29. The Balaban J connectivity index is 1.74. The molecule has 0 spiro atoms. The number of aryl methyl sites for hydroxylation is 1. The van der Waals surface area contributed by atoms with Crippen molar-refractivity contribution in [3.8, 4) is 0 Å². The average molecular weight is 315 g/mol. The van der Waals surface area contributed by atoms with Gasteiger partial charge in [-0.25, -0.2) is 9.97 Å². The Morgan fingerprint density at radius 3 is 2.87 bits per heavy atom. The van der Waals surface area contributed by atoms with E-state index in [9.17, 15) is 5.11 Å². The van der Waals surface area contributed by atoms with Crippen molar-refractivity contribution in [3.63, 3.8) is 0 Å². The molecule has 2 aromatic heterocycles. The molecule has 0 bridgehead atoms. The van der Waals surface area contributed by atoms with Crippen LogP contribution in [0.4, 0.5) is 5.82 Å². The maximum atomic E-state index is 10.5. The van der Waals surface area contributed by atoms with Crippen LogP contribution in [-0.2, 0) is 7.05 Å². The van der Waals surface area contributed by atoms with Gasteiger partial charge in [0, 0.05) is 43.2 Å². The van der Waals surface area contributed by atoms with Crippen molar-refractivity contribution in [2.24, 2.45) is 7.05 Å². The molecule has 0 aromatic carbocycles. The van der Waals surface area contributed by atoms with E-state index in [1.54, 1.807) is 17.2 Å². The molecule has 1 aliphatic rings. The summed E-state index contributed by atoms with van der Waals surface area (Å²) in [5.74, 6) is 1.36. The third-order valence-electron chi connectivity index (χ3n) is 4.54. The van der Waals surface area contributed by atoms with Crippen LogP contribution in [0.2, 0.25) is 0 Å². The molecule has 1 N–H and O–H groups in total. The highest BCUT2D eigenvalue weighted by molar-refractivity contribution is 5.42. The van der Waals surface area contributed by atoms with Gasteiger partial charge in [0.2, 0.25) is 0 Å². The minimum atomic E-state index is -0.485. The van der Waals surface area contributed by atoms with Gasteiger partial charge in [0.15, 0.2) is 0 Å². The molecule has 2 aromatic rings. The van der Waals surface area contributed by atoms with E-state index in [1.807, 2.05) is 13.2 Å². The number of aliphatic hydroxyl groups excluding tert-OH is 1. The van der Waals surface area contributed by atoms with Crippen LogP contribution >= 0.6 is 0 Å². The van der Waals surface area contributed by atoms with Crippen molar-refractivity contribution >= 4 is 5.82 Å². The van der Waals surface area contributed by atoms with Gasteiger partial charge in [-0.3, -0.25) is 4.68 Å². The number of aliphatic hydroxyl groups is 1. The predicted octanol–water partition coefficient (Wildman–Crippen LogP) is 2.43. The van der Waals surface area contributed by atoms with Crippen LogP contribution in [0.3, 0.4) is 0 Å². The summed E-state index contributed by atoms with van der Waals surface area (Å²) in [6.45, 7) is 5.26. The maximum Gasteiger partial charge on any atom is 0.132 e. The smallest absolute Gasteiger partial charge is 0.132 e. The van der Waals surface area contributed by atoms with E-state index in [1.165, 1.54) is 0 Å². The van der Waals surface area contributed by atoms with E-state index in [0.717, 1.165) is 36.5 Å². The number of aromatic nitrogens is 4. The van der Waals surface area contributed by atoms with Gasteiger partial charge in [0.1, 0.15) is 12.1 Å². The second-order valence-electron chi connectivity index (χ2n) is 6.64. The molecule has 3 rings (SSSR count). The van der Waals surface area contributed by atoms with Gasteiger partial charge < -0.3 is 10.0 Å². The molecule has 2 atom stereocenters. The topological polar surface area (TPSA) is 67.1 Å². The van der Waals surface area contributed by atoms with Crippen molar-refractivity contribution in [2.45, 2.75) is 51.2 Å². The Morgan fingerprint density at radius 1 is 1.35 bits per heavy atom. The summed E-state index contributed by atoms with van der Waals surface area (Å²) in [7, 11) is 1.87. The minimum Gasteiger partial charge on any atom is -0.388 e. The van der Waals surface area contributed by atoms with Crippen molar-refractivity contribution in [1.29, 1.82) is 0 Å². The van der Waals surface area contributed by atoms with Gasteiger partial charge in [-0.15, -0.1) is 0 Å². The Bertz CT molecular complexity index is 654. The third-order valence-corrected chi connectivity index (χ3v) is 4.54. The maximum absolute atomic E-state index is 10.5. The van der Waals surface area contributed by atoms with E-state index in [4.69, 9.17) is 0 Å². The molecular weight excluding hydrogens is 290 g/mol. The number of anilines is 1. The van der Waals surface area contributed by atoms with Crippen LogP contribution in [0.1, 0.15) is 56.4 Å². The molecule has 124 valence electrons. The standard InChI is InChI=1S/C17H25N5O/c1-12(2)15-8-17(19-11-18-15)22-6-4-5-14(22)7-16(23)13-9-20-21(3)10-13/h8-12,14,16,23H,4-7H2,1-3H3. The number of rotatable bonds is 5. The molecule has 0 saturated carbocycles. The lowest BCUT2D eigenvalue weighted by Gasteiger charge is -2.27. The van der Waals surface area contributed by atoms with E-state index >= 15 is 0 Å². The Kier molecular flexibility index (Phi) is 4.61. The summed E-state index contributed by atoms with van der Waals surface area (Å²) in [4.78, 5) is 11.1. The number of nitrogens with zero attached hydrogens (tertiary/aromatic N) is 5. The van der Waals surface area contributed by atoms with E-state index in [0.29, 0.717) is 18.4 Å². The second kappa shape index (κ2) is 6.66. The first kappa shape index (κ1) is 15.9. The summed E-state index contributed by atoms with van der Waals surface area (Å²) in [5.41, 5.74) is 1.94. The number of hydrogen-bond acceptors (Lipinski definition) is 5. The van der Waals surface area contributed by atoms with Gasteiger partial charge in [0.25, 0.3) is 0 Å². The summed E-state index contributed by atoms with van der Waals surface area (Å²) < 4.78 is 1.73. The van der Waals surface area contributed by atoms with Gasteiger partial charge in [-0.1, -0.05) is 13.8 Å². The molecular formula is C17H25N5O. The molecule has 3 heterocycles. The average Bonchev–Trinajstić information content (AvgIpc) is 3.16. The van der Waals surface area contributed by atoms with Gasteiger partial charge in [-0.2, -0.15) is 5.10 Å². The molecule has 2 unspecified atom stereocenters. The zero-order valence-electron chi connectivity index (χ0n) is 14.1. The fourth-order valence-electron chi connectivity index (χ4n) is 3.22. The lowest BCUT2D eigenvalue weighted by Crippen LogP contribution is -2.31. The lowest BCUT2D eigenvalue weighted by atomic mass is 10.0. The summed E-state index contributed by atoms with van der Waals surface area (Å²) in [6.07, 6.45) is 7.70. The van der Waals surface area contributed by atoms with Gasteiger partial charge >= 0.3 is 0 Å². The fourth-order valence-corrected chi connectivity index (χ4v) is 3.22. The molecule has 0 amide bonds.